The van der Waals surface area contributed by atoms with Gasteiger partial charge in [-0.3, -0.25) is 14.3 Å². The van der Waals surface area contributed by atoms with Gasteiger partial charge in [0, 0.05) is 5.69 Å². The summed E-state index contributed by atoms with van der Waals surface area (Å²) >= 11 is 0.960. The van der Waals surface area contributed by atoms with Crippen LogP contribution in [0.2, 0.25) is 0 Å². The van der Waals surface area contributed by atoms with Crippen LogP contribution in [-0.4, -0.2) is 34.2 Å². The van der Waals surface area contributed by atoms with E-state index in [0.717, 1.165) is 22.7 Å². The summed E-state index contributed by atoms with van der Waals surface area (Å²) in [5.41, 5.74) is 7.55. The number of hydrogen-bond donors (Lipinski definition) is 2. The van der Waals surface area contributed by atoms with E-state index in [9.17, 15) is 14.4 Å². The summed E-state index contributed by atoms with van der Waals surface area (Å²) in [6.07, 6.45) is 0. The van der Waals surface area contributed by atoms with Gasteiger partial charge in [-0.25, -0.2) is 4.79 Å². The minimum Gasteiger partial charge on any atom is -0.462 e. The molecule has 0 aliphatic carbocycles. The molecule has 0 saturated carbocycles. The van der Waals surface area contributed by atoms with E-state index < -0.39 is 11.9 Å². The number of rotatable bonds is 6. The Morgan fingerprint density at radius 1 is 1.32 bits per heavy atom. The number of carbonyl (C=O) groups is 3. The predicted octanol–water partition coefficient (Wildman–Crippen LogP) is 1.78. The summed E-state index contributed by atoms with van der Waals surface area (Å²) in [5, 5.41) is 7.13. The van der Waals surface area contributed by atoms with E-state index >= 15 is 0 Å². The van der Waals surface area contributed by atoms with Gasteiger partial charge in [0.25, 0.3) is 5.91 Å². The SMILES string of the molecule is CCOC(=O)c1c(NC(=O)Cn2nc(C)cc2C)sc(C(N)=O)c1C. The molecule has 0 atom stereocenters. The zero-order valence-corrected chi connectivity index (χ0v) is 15.3. The molecule has 8 nitrogen and oxygen atoms in total. The Hall–Kier alpha value is -2.68. The second kappa shape index (κ2) is 7.47. The molecular formula is C16H20N4O4S. The Kier molecular flexibility index (Phi) is 5.58. The van der Waals surface area contributed by atoms with Gasteiger partial charge in [-0.2, -0.15) is 5.10 Å². The van der Waals surface area contributed by atoms with Crippen LogP contribution in [0.4, 0.5) is 5.00 Å². The van der Waals surface area contributed by atoms with Crippen molar-refractivity contribution in [2.24, 2.45) is 5.73 Å². The lowest BCUT2D eigenvalue weighted by atomic mass is 10.1. The van der Waals surface area contributed by atoms with E-state index in [1.54, 1.807) is 18.5 Å². The monoisotopic (exact) mass is 364 g/mol. The van der Waals surface area contributed by atoms with Crippen LogP contribution in [0.1, 0.15) is 43.9 Å². The van der Waals surface area contributed by atoms with Crippen LogP contribution in [0.25, 0.3) is 0 Å². The minimum atomic E-state index is -0.660. The smallest absolute Gasteiger partial charge is 0.341 e. The highest BCUT2D eigenvalue weighted by Crippen LogP contribution is 2.33. The lowest BCUT2D eigenvalue weighted by Crippen LogP contribution is -2.21. The molecule has 2 heterocycles. The van der Waals surface area contributed by atoms with Crippen LogP contribution in [0, 0.1) is 20.8 Å². The van der Waals surface area contributed by atoms with Crippen molar-refractivity contribution < 1.29 is 19.1 Å². The Morgan fingerprint density at radius 3 is 2.52 bits per heavy atom. The van der Waals surface area contributed by atoms with Gasteiger partial charge in [-0.15, -0.1) is 11.3 Å². The second-order valence-corrected chi connectivity index (χ2v) is 6.50. The first-order chi connectivity index (χ1) is 11.7. The fraction of sp³-hybridized carbons (Fsp3) is 0.375. The Labute approximate surface area is 149 Å². The molecule has 0 saturated heterocycles. The van der Waals surface area contributed by atoms with Crippen molar-refractivity contribution in [2.45, 2.75) is 34.2 Å². The van der Waals surface area contributed by atoms with E-state index in [0.29, 0.717) is 5.56 Å². The number of aromatic nitrogens is 2. The van der Waals surface area contributed by atoms with Crippen LogP contribution in [0.5, 0.6) is 0 Å². The summed E-state index contributed by atoms with van der Waals surface area (Å²) in [6.45, 7) is 7.12. The summed E-state index contributed by atoms with van der Waals surface area (Å²) in [5.74, 6) is -1.63. The highest BCUT2D eigenvalue weighted by Gasteiger charge is 2.25. The Balaban J connectivity index is 2.29. The molecule has 134 valence electrons. The Morgan fingerprint density at radius 2 is 2.00 bits per heavy atom. The third-order valence-electron chi connectivity index (χ3n) is 3.50. The summed E-state index contributed by atoms with van der Waals surface area (Å²) < 4.78 is 6.57. The van der Waals surface area contributed by atoms with Gasteiger partial charge in [-0.05, 0) is 39.3 Å². The van der Waals surface area contributed by atoms with Crippen molar-refractivity contribution in [1.82, 2.24) is 9.78 Å². The van der Waals surface area contributed by atoms with Gasteiger partial charge < -0.3 is 15.8 Å². The number of thiophene rings is 1. The number of ether oxygens (including phenoxy) is 1. The molecule has 2 rings (SSSR count). The number of carbonyl (C=O) groups excluding carboxylic acids is 3. The molecule has 0 bridgehead atoms. The average Bonchev–Trinajstić information content (AvgIpc) is 2.98. The van der Waals surface area contributed by atoms with E-state index in [2.05, 4.69) is 10.4 Å². The number of amides is 2. The quantitative estimate of drug-likeness (QED) is 0.758. The largest absolute Gasteiger partial charge is 0.462 e. The second-order valence-electron chi connectivity index (χ2n) is 5.48. The highest BCUT2D eigenvalue weighted by molar-refractivity contribution is 7.18. The maximum Gasteiger partial charge on any atom is 0.341 e. The molecule has 2 amide bonds. The number of nitrogens with one attached hydrogen (secondary N) is 1. The molecular weight excluding hydrogens is 344 g/mol. The van der Waals surface area contributed by atoms with Gasteiger partial charge in [0.15, 0.2) is 0 Å². The number of nitrogens with two attached hydrogens (primary N) is 1. The van der Waals surface area contributed by atoms with Gasteiger partial charge in [-0.1, -0.05) is 0 Å². The maximum absolute atomic E-state index is 12.3. The van der Waals surface area contributed by atoms with Crippen LogP contribution in [0.3, 0.4) is 0 Å². The zero-order chi connectivity index (χ0) is 18.7. The molecule has 25 heavy (non-hydrogen) atoms. The molecule has 2 aromatic rings. The molecule has 0 unspecified atom stereocenters. The van der Waals surface area contributed by atoms with Crippen molar-refractivity contribution in [3.63, 3.8) is 0 Å². The summed E-state index contributed by atoms with van der Waals surface area (Å²) in [4.78, 5) is 36.3. The number of esters is 1. The van der Waals surface area contributed by atoms with Gasteiger partial charge in [0.2, 0.25) is 5.91 Å². The fourth-order valence-electron chi connectivity index (χ4n) is 2.42. The van der Waals surface area contributed by atoms with Crippen molar-refractivity contribution >= 4 is 34.1 Å². The van der Waals surface area contributed by atoms with Crippen LogP contribution in [0.15, 0.2) is 6.07 Å². The topological polar surface area (TPSA) is 116 Å². The van der Waals surface area contributed by atoms with Crippen molar-refractivity contribution in [3.8, 4) is 0 Å². The number of aryl methyl sites for hydroxylation is 2. The summed E-state index contributed by atoms with van der Waals surface area (Å²) in [6, 6.07) is 1.86. The molecule has 0 aliphatic heterocycles. The van der Waals surface area contributed by atoms with Crippen molar-refractivity contribution in [3.05, 3.63) is 33.5 Å². The van der Waals surface area contributed by atoms with Crippen LogP contribution < -0.4 is 11.1 Å². The molecule has 0 spiro atoms. The highest BCUT2D eigenvalue weighted by atomic mass is 32.1. The first-order valence-corrected chi connectivity index (χ1v) is 8.47. The van der Waals surface area contributed by atoms with Crippen LogP contribution in [-0.2, 0) is 16.1 Å². The van der Waals surface area contributed by atoms with Gasteiger partial charge >= 0.3 is 5.97 Å². The predicted molar refractivity (Wildman–Crippen MR) is 93.9 cm³/mol. The third kappa shape index (κ3) is 4.05. The Bertz CT molecular complexity index is 838. The first-order valence-electron chi connectivity index (χ1n) is 7.65. The first kappa shape index (κ1) is 18.7. The van der Waals surface area contributed by atoms with Crippen molar-refractivity contribution in [2.75, 3.05) is 11.9 Å². The lowest BCUT2D eigenvalue weighted by Gasteiger charge is -2.08. The van der Waals surface area contributed by atoms with E-state index in [1.807, 2.05) is 19.9 Å². The number of hydrogen-bond acceptors (Lipinski definition) is 6. The zero-order valence-electron chi connectivity index (χ0n) is 14.5. The van der Waals surface area contributed by atoms with Gasteiger partial charge in [0.1, 0.15) is 11.5 Å². The van der Waals surface area contributed by atoms with Crippen LogP contribution >= 0.6 is 11.3 Å². The van der Waals surface area contributed by atoms with Crippen molar-refractivity contribution in [1.29, 1.82) is 0 Å². The van der Waals surface area contributed by atoms with E-state index in [1.165, 1.54) is 0 Å². The normalized spacial score (nSPS) is 10.6. The molecule has 3 N–H and O–H groups in total. The molecule has 0 aliphatic rings. The summed E-state index contributed by atoms with van der Waals surface area (Å²) in [7, 11) is 0. The third-order valence-corrected chi connectivity index (χ3v) is 4.72. The molecule has 0 aromatic carbocycles. The minimum absolute atomic E-state index is 0.00914. The molecule has 2 aromatic heterocycles. The van der Waals surface area contributed by atoms with Gasteiger partial charge in [0.05, 0.1) is 22.7 Å². The van der Waals surface area contributed by atoms with E-state index in [4.69, 9.17) is 10.5 Å². The molecule has 0 fully saturated rings. The standard InChI is InChI=1S/C16H20N4O4S/c1-5-24-16(23)12-10(4)13(14(17)22)25-15(12)18-11(21)7-20-9(3)6-8(2)19-20/h6H,5,7H2,1-4H3,(H2,17,22)(H,18,21). The number of primary amides is 1. The number of anilines is 1. The maximum atomic E-state index is 12.3. The number of nitrogens with zero attached hydrogens (tertiary/aromatic N) is 2. The molecule has 0 radical (unpaired) electrons. The lowest BCUT2D eigenvalue weighted by molar-refractivity contribution is -0.116. The van der Waals surface area contributed by atoms with E-state index in [-0.39, 0.29) is 34.5 Å². The fourth-order valence-corrected chi connectivity index (χ4v) is 3.49. The average molecular weight is 364 g/mol. The molecule has 9 heteroatoms.